The molecule has 26 heavy (non-hydrogen) atoms. The van der Waals surface area contributed by atoms with Gasteiger partial charge in [0.1, 0.15) is 6.07 Å². The number of pyridine rings is 1. The van der Waals surface area contributed by atoms with Crippen LogP contribution >= 0.6 is 0 Å². The average Bonchev–Trinajstić information content (AvgIpc) is 2.63. The van der Waals surface area contributed by atoms with Crippen molar-refractivity contribution in [3.05, 3.63) is 52.7 Å². The van der Waals surface area contributed by atoms with Crippen LogP contribution in [0.4, 0.5) is 0 Å². The fourth-order valence-corrected chi connectivity index (χ4v) is 3.41. The molecule has 0 saturated carbocycles. The van der Waals surface area contributed by atoms with Crippen LogP contribution in [0.2, 0.25) is 0 Å². The highest BCUT2D eigenvalue weighted by Crippen LogP contribution is 2.24. The van der Waals surface area contributed by atoms with Gasteiger partial charge in [-0.1, -0.05) is 31.4 Å². The van der Waals surface area contributed by atoms with E-state index in [0.717, 1.165) is 42.8 Å². The first kappa shape index (κ1) is 18.1. The summed E-state index contributed by atoms with van der Waals surface area (Å²) in [5.74, 6) is 0.104. The van der Waals surface area contributed by atoms with Gasteiger partial charge in [-0.2, -0.15) is 5.26 Å². The van der Waals surface area contributed by atoms with E-state index in [1.54, 1.807) is 0 Å². The third kappa shape index (κ3) is 3.94. The Labute approximate surface area is 155 Å². The molecule has 2 aromatic rings. The van der Waals surface area contributed by atoms with Gasteiger partial charge >= 0.3 is 0 Å². The Bertz CT molecular complexity index is 826. The maximum Gasteiger partial charge on any atom is 0.253 e. The molecule has 0 atom stereocenters. The smallest absolute Gasteiger partial charge is 0.253 e. The number of nitriles is 1. The Morgan fingerprint density at radius 2 is 1.65 bits per heavy atom. The van der Waals surface area contributed by atoms with E-state index in [1.165, 1.54) is 19.3 Å². The molecule has 1 fully saturated rings. The summed E-state index contributed by atoms with van der Waals surface area (Å²) in [5.41, 5.74) is 4.75. The van der Waals surface area contributed by atoms with Gasteiger partial charge in [0, 0.05) is 29.9 Å². The van der Waals surface area contributed by atoms with Gasteiger partial charge in [0.05, 0.1) is 11.3 Å². The molecule has 1 aromatic heterocycles. The van der Waals surface area contributed by atoms with E-state index in [4.69, 9.17) is 0 Å². The molecule has 4 heteroatoms. The van der Waals surface area contributed by atoms with Gasteiger partial charge in [-0.25, -0.2) is 0 Å². The summed E-state index contributed by atoms with van der Waals surface area (Å²) in [6.07, 6.45) is 5.86. The predicted octanol–water partition coefficient (Wildman–Crippen LogP) is 4.64. The molecule has 2 heterocycles. The lowest BCUT2D eigenvalue weighted by Gasteiger charge is -2.25. The summed E-state index contributed by atoms with van der Waals surface area (Å²) in [6.45, 7) is 5.59. The minimum atomic E-state index is 0.104. The molecule has 0 unspecified atom stereocenters. The second-order valence-electron chi connectivity index (χ2n) is 7.04. The van der Waals surface area contributed by atoms with Crippen LogP contribution in [0.1, 0.15) is 59.3 Å². The Morgan fingerprint density at radius 1 is 1.04 bits per heavy atom. The van der Waals surface area contributed by atoms with Gasteiger partial charge in [0.25, 0.3) is 5.91 Å². The minimum Gasteiger partial charge on any atom is -0.339 e. The molecule has 0 aliphatic carbocycles. The van der Waals surface area contributed by atoms with Crippen LogP contribution in [0.25, 0.3) is 11.3 Å². The number of likely N-dealkylation sites (tertiary alicyclic amines) is 1. The molecular weight excluding hydrogens is 322 g/mol. The molecule has 3 rings (SSSR count). The molecule has 0 N–H and O–H groups in total. The molecular formula is C22H25N3O. The zero-order valence-corrected chi connectivity index (χ0v) is 15.6. The van der Waals surface area contributed by atoms with Gasteiger partial charge in [0.2, 0.25) is 0 Å². The Morgan fingerprint density at radius 3 is 2.27 bits per heavy atom. The molecule has 4 nitrogen and oxygen atoms in total. The van der Waals surface area contributed by atoms with Crippen LogP contribution in [-0.2, 0) is 0 Å². The second-order valence-corrected chi connectivity index (χ2v) is 7.04. The number of carbonyl (C=O) groups is 1. The number of rotatable bonds is 2. The van der Waals surface area contributed by atoms with Gasteiger partial charge in [-0.05, 0) is 50.5 Å². The summed E-state index contributed by atoms with van der Waals surface area (Å²) >= 11 is 0. The van der Waals surface area contributed by atoms with Crippen molar-refractivity contribution in [3.8, 4) is 17.3 Å². The van der Waals surface area contributed by atoms with Crippen LogP contribution in [0.5, 0.6) is 0 Å². The van der Waals surface area contributed by atoms with Crippen molar-refractivity contribution < 1.29 is 4.79 Å². The number of nitrogens with zero attached hydrogens (tertiary/aromatic N) is 3. The van der Waals surface area contributed by atoms with Crippen molar-refractivity contribution in [1.29, 1.82) is 5.26 Å². The maximum atomic E-state index is 12.8. The van der Waals surface area contributed by atoms with Crippen molar-refractivity contribution in [2.45, 2.75) is 46.0 Å². The number of carbonyl (C=O) groups excluding carboxylic acids is 1. The summed E-state index contributed by atoms with van der Waals surface area (Å²) in [4.78, 5) is 19.4. The Balaban J connectivity index is 1.83. The molecule has 1 aliphatic rings. The third-order valence-corrected chi connectivity index (χ3v) is 5.14. The Hall–Kier alpha value is -2.67. The lowest BCUT2D eigenvalue weighted by atomic mass is 10.0. The SMILES string of the molecule is Cc1cc(C#N)c(-c2ccc(C(=O)N3CCCCCCC3)cc2)nc1C. The molecule has 1 aliphatic heterocycles. The van der Waals surface area contributed by atoms with E-state index in [2.05, 4.69) is 11.1 Å². The van der Waals surface area contributed by atoms with Gasteiger partial charge in [-0.15, -0.1) is 0 Å². The van der Waals surface area contributed by atoms with Crippen LogP contribution in [-0.4, -0.2) is 28.9 Å². The number of aromatic nitrogens is 1. The van der Waals surface area contributed by atoms with Gasteiger partial charge < -0.3 is 4.90 Å². The number of benzene rings is 1. The van der Waals surface area contributed by atoms with Gasteiger partial charge in [-0.3, -0.25) is 9.78 Å². The lowest BCUT2D eigenvalue weighted by molar-refractivity contribution is 0.0742. The summed E-state index contributed by atoms with van der Waals surface area (Å²) in [7, 11) is 0. The second kappa shape index (κ2) is 8.14. The summed E-state index contributed by atoms with van der Waals surface area (Å²) in [6, 6.07) is 11.6. The molecule has 1 amide bonds. The third-order valence-electron chi connectivity index (χ3n) is 5.14. The van der Waals surface area contributed by atoms with Crippen molar-refractivity contribution in [3.63, 3.8) is 0 Å². The van der Waals surface area contributed by atoms with Crippen molar-refractivity contribution in [1.82, 2.24) is 9.88 Å². The molecule has 1 saturated heterocycles. The number of hydrogen-bond donors (Lipinski definition) is 0. The highest BCUT2D eigenvalue weighted by molar-refractivity contribution is 5.94. The zero-order chi connectivity index (χ0) is 18.5. The van der Waals surface area contributed by atoms with E-state index < -0.39 is 0 Å². The maximum absolute atomic E-state index is 12.8. The van der Waals surface area contributed by atoms with E-state index in [0.29, 0.717) is 16.8 Å². The quantitative estimate of drug-likeness (QED) is 0.795. The van der Waals surface area contributed by atoms with E-state index >= 15 is 0 Å². The molecule has 0 spiro atoms. The first-order valence-electron chi connectivity index (χ1n) is 9.38. The van der Waals surface area contributed by atoms with Crippen molar-refractivity contribution in [2.24, 2.45) is 0 Å². The first-order chi connectivity index (χ1) is 12.6. The lowest BCUT2D eigenvalue weighted by Crippen LogP contribution is -2.33. The van der Waals surface area contributed by atoms with E-state index in [1.807, 2.05) is 49.1 Å². The van der Waals surface area contributed by atoms with Crippen LogP contribution in [0, 0.1) is 25.2 Å². The number of amides is 1. The Kier molecular flexibility index (Phi) is 5.68. The topological polar surface area (TPSA) is 57.0 Å². The minimum absolute atomic E-state index is 0.104. The normalized spacial score (nSPS) is 15.0. The standard InChI is InChI=1S/C22H25N3O/c1-16-14-20(15-23)21(24-17(16)2)18-8-10-19(11-9-18)22(26)25-12-6-4-3-5-7-13-25/h8-11,14H,3-7,12-13H2,1-2H3. The van der Waals surface area contributed by atoms with Crippen molar-refractivity contribution in [2.75, 3.05) is 13.1 Å². The summed E-state index contributed by atoms with van der Waals surface area (Å²) < 4.78 is 0. The summed E-state index contributed by atoms with van der Waals surface area (Å²) in [5, 5.41) is 9.41. The zero-order valence-electron chi connectivity index (χ0n) is 15.6. The molecule has 1 aromatic carbocycles. The highest BCUT2D eigenvalue weighted by Gasteiger charge is 2.17. The largest absolute Gasteiger partial charge is 0.339 e. The van der Waals surface area contributed by atoms with E-state index in [-0.39, 0.29) is 5.91 Å². The van der Waals surface area contributed by atoms with Crippen LogP contribution < -0.4 is 0 Å². The van der Waals surface area contributed by atoms with Crippen LogP contribution in [0.15, 0.2) is 30.3 Å². The van der Waals surface area contributed by atoms with Crippen molar-refractivity contribution >= 4 is 5.91 Å². The molecule has 134 valence electrons. The van der Waals surface area contributed by atoms with E-state index in [9.17, 15) is 10.1 Å². The first-order valence-corrected chi connectivity index (χ1v) is 9.38. The molecule has 0 radical (unpaired) electrons. The average molecular weight is 347 g/mol. The highest BCUT2D eigenvalue weighted by atomic mass is 16.2. The van der Waals surface area contributed by atoms with Crippen LogP contribution in [0.3, 0.4) is 0 Å². The predicted molar refractivity (Wildman–Crippen MR) is 103 cm³/mol. The fraction of sp³-hybridized carbons (Fsp3) is 0.409. The van der Waals surface area contributed by atoms with Gasteiger partial charge in [0.15, 0.2) is 0 Å². The molecule has 0 bridgehead atoms. The fourth-order valence-electron chi connectivity index (χ4n) is 3.41. The monoisotopic (exact) mass is 347 g/mol. The number of hydrogen-bond acceptors (Lipinski definition) is 3. The number of aryl methyl sites for hydroxylation is 2.